The second-order valence-corrected chi connectivity index (χ2v) is 28.3. The Morgan fingerprint density at radius 2 is 0.855 bits per heavy atom. The molecule has 13 rings (SSSR count). The minimum atomic E-state index is -0.236. The predicted octanol–water partition coefficient (Wildman–Crippen LogP) is 20.7. The Labute approximate surface area is 495 Å². The minimum absolute atomic E-state index is 0.0143. The SMILES string of the molecule is CC(C)(C)c1ccc(N2B3c4cc5c(cc4N(c4ccc(C(C)(C)C)cc4-c4ccccc4)c4cc(-c6ccccc6)cc(c43)-c3ccc(N(c4ccc(C(C)(C)C)cc4)c4ccc(C(C)(C)C)cc4)cc32)-c2ccccc2C5(C)C)cc1. The summed E-state index contributed by atoms with van der Waals surface area (Å²) in [6.07, 6.45) is 0. The first-order valence-corrected chi connectivity index (χ1v) is 30.0. The first-order valence-electron chi connectivity index (χ1n) is 30.0. The number of hydrogen-bond acceptors (Lipinski definition) is 3. The van der Waals surface area contributed by atoms with Crippen molar-refractivity contribution in [3.63, 3.8) is 0 Å². The molecule has 0 unspecified atom stereocenters. The van der Waals surface area contributed by atoms with E-state index in [-0.39, 0.29) is 33.9 Å². The monoisotopic (exact) mass is 1080 g/mol. The van der Waals surface area contributed by atoms with Crippen molar-refractivity contribution in [2.24, 2.45) is 0 Å². The van der Waals surface area contributed by atoms with E-state index >= 15 is 0 Å². The lowest BCUT2D eigenvalue weighted by Crippen LogP contribution is -2.61. The van der Waals surface area contributed by atoms with Crippen molar-refractivity contribution in [3.05, 3.63) is 252 Å². The number of nitrogens with zero attached hydrogens (tertiary/aromatic N) is 3. The van der Waals surface area contributed by atoms with Gasteiger partial charge in [0.1, 0.15) is 0 Å². The van der Waals surface area contributed by atoms with Crippen LogP contribution in [0.15, 0.2) is 218 Å². The van der Waals surface area contributed by atoms with Crippen LogP contribution in [0.1, 0.15) is 130 Å². The predicted molar refractivity (Wildman–Crippen MR) is 358 cm³/mol. The standard InChI is InChI=1S/C79H78BN3/c1-75(2,3)54-29-36-58(37-30-54)81(59-38-31-55(32-39-59)76(4,5)6)61-42-43-63-66-45-53(51-23-17-15-18-24-51)46-73-74(66)80(83(71(63)48-61)60-40-33-56(34-41-60)77(7,8)9)69-50-68-65(62-27-21-22-28-67(62)79(68,13)14)49-72(69)82(73)70-44-35-57(78(10,11)12)47-64(70)52-25-19-16-20-26-52/h15-50H,1-14H3. The third kappa shape index (κ3) is 9.21. The van der Waals surface area contributed by atoms with Crippen LogP contribution in [0.2, 0.25) is 0 Å². The Bertz CT molecular complexity index is 4070. The van der Waals surface area contributed by atoms with E-state index in [0.29, 0.717) is 0 Å². The van der Waals surface area contributed by atoms with Crippen molar-refractivity contribution in [2.45, 2.75) is 124 Å². The van der Waals surface area contributed by atoms with Crippen LogP contribution < -0.4 is 25.5 Å². The zero-order chi connectivity index (χ0) is 58.1. The summed E-state index contributed by atoms with van der Waals surface area (Å²) in [5.41, 5.74) is 29.3. The van der Waals surface area contributed by atoms with Crippen LogP contribution >= 0.6 is 0 Å². The van der Waals surface area contributed by atoms with Gasteiger partial charge < -0.3 is 14.6 Å². The Morgan fingerprint density at radius 3 is 1.43 bits per heavy atom. The molecular formula is C79H78BN3. The average Bonchev–Trinajstić information content (AvgIpc) is 3.53. The van der Waals surface area contributed by atoms with Crippen LogP contribution in [-0.2, 0) is 27.1 Å². The molecule has 10 aromatic carbocycles. The minimum Gasteiger partial charge on any atom is -0.376 e. The highest BCUT2D eigenvalue weighted by molar-refractivity contribution is 6.93. The summed E-state index contributed by atoms with van der Waals surface area (Å²) in [6.45, 7) is 32.4. The van der Waals surface area contributed by atoms with Crippen LogP contribution in [0.3, 0.4) is 0 Å². The maximum atomic E-state index is 2.71. The third-order valence-electron chi connectivity index (χ3n) is 18.3. The zero-order valence-corrected chi connectivity index (χ0v) is 51.2. The molecule has 2 aliphatic heterocycles. The normalized spacial score (nSPS) is 14.2. The van der Waals surface area contributed by atoms with E-state index in [9.17, 15) is 0 Å². The summed E-state index contributed by atoms with van der Waals surface area (Å²) in [5, 5.41) is 0. The second-order valence-electron chi connectivity index (χ2n) is 28.3. The molecule has 4 heteroatoms. The Balaban J connectivity index is 1.15. The highest BCUT2D eigenvalue weighted by Gasteiger charge is 2.48. The summed E-state index contributed by atoms with van der Waals surface area (Å²) in [4.78, 5) is 7.84. The van der Waals surface area contributed by atoms with Gasteiger partial charge in [-0.15, -0.1) is 0 Å². The molecule has 0 saturated carbocycles. The number of anilines is 8. The fourth-order valence-corrected chi connectivity index (χ4v) is 13.5. The first-order chi connectivity index (χ1) is 39.4. The molecular weight excluding hydrogens is 1000 g/mol. The van der Waals surface area contributed by atoms with Gasteiger partial charge in [0.15, 0.2) is 0 Å². The molecule has 2 heterocycles. The van der Waals surface area contributed by atoms with Crippen LogP contribution in [0.4, 0.5) is 45.5 Å². The maximum absolute atomic E-state index is 2.71. The fourth-order valence-electron chi connectivity index (χ4n) is 13.5. The summed E-state index contributed by atoms with van der Waals surface area (Å²) in [5.74, 6) is 0. The lowest BCUT2D eigenvalue weighted by Gasteiger charge is -2.47. The summed E-state index contributed by atoms with van der Waals surface area (Å²) < 4.78 is 0. The van der Waals surface area contributed by atoms with Gasteiger partial charge >= 0.3 is 6.85 Å². The molecule has 0 fully saturated rings. The van der Waals surface area contributed by atoms with E-state index < -0.39 is 0 Å². The van der Waals surface area contributed by atoms with E-state index in [1.165, 1.54) is 106 Å². The molecule has 3 nitrogen and oxygen atoms in total. The van der Waals surface area contributed by atoms with Crippen LogP contribution in [0, 0.1) is 0 Å². The summed E-state index contributed by atoms with van der Waals surface area (Å²) >= 11 is 0. The van der Waals surface area contributed by atoms with Crippen molar-refractivity contribution in [1.82, 2.24) is 0 Å². The van der Waals surface area contributed by atoms with Gasteiger partial charge in [-0.2, -0.15) is 0 Å². The van der Waals surface area contributed by atoms with Crippen LogP contribution in [0.5, 0.6) is 0 Å². The molecule has 0 spiro atoms. The molecule has 0 aromatic heterocycles. The van der Waals surface area contributed by atoms with Crippen molar-refractivity contribution in [1.29, 1.82) is 0 Å². The van der Waals surface area contributed by atoms with E-state index in [1.807, 2.05) is 0 Å². The second kappa shape index (κ2) is 19.4. The van der Waals surface area contributed by atoms with Gasteiger partial charge in [0.25, 0.3) is 0 Å². The van der Waals surface area contributed by atoms with Gasteiger partial charge in [0.2, 0.25) is 0 Å². The van der Waals surface area contributed by atoms with Crippen molar-refractivity contribution in [3.8, 4) is 44.5 Å². The lowest BCUT2D eigenvalue weighted by molar-refractivity contribution is 0.590. The fraction of sp³-hybridized carbons (Fsp3) is 0.241. The maximum Gasteiger partial charge on any atom is 0.333 e. The average molecular weight is 1080 g/mol. The summed E-state index contributed by atoms with van der Waals surface area (Å²) in [6, 6.07) is 84.1. The largest absolute Gasteiger partial charge is 0.376 e. The lowest BCUT2D eigenvalue weighted by atomic mass is 9.43. The van der Waals surface area contributed by atoms with Crippen molar-refractivity contribution in [2.75, 3.05) is 14.6 Å². The van der Waals surface area contributed by atoms with Crippen LogP contribution in [0.25, 0.3) is 44.5 Å². The topological polar surface area (TPSA) is 9.72 Å². The molecule has 0 atom stereocenters. The van der Waals surface area contributed by atoms with E-state index in [2.05, 4.69) is 330 Å². The number of rotatable bonds is 7. The zero-order valence-electron chi connectivity index (χ0n) is 51.2. The van der Waals surface area contributed by atoms with Crippen molar-refractivity contribution >= 4 is 63.3 Å². The Kier molecular flexibility index (Phi) is 12.6. The van der Waals surface area contributed by atoms with Gasteiger partial charge in [0.05, 0.1) is 5.69 Å². The molecule has 83 heavy (non-hydrogen) atoms. The molecule has 1 aliphatic carbocycles. The Hall–Kier alpha value is -8.34. The van der Waals surface area contributed by atoms with Gasteiger partial charge in [-0.05, 0) is 178 Å². The smallest absolute Gasteiger partial charge is 0.333 e. The van der Waals surface area contributed by atoms with Gasteiger partial charge in [-0.3, -0.25) is 0 Å². The molecule has 0 N–H and O–H groups in total. The Morgan fingerprint density at radius 1 is 0.337 bits per heavy atom. The molecule has 412 valence electrons. The number of fused-ring (bicyclic) bond motifs is 7. The molecule has 3 aliphatic rings. The van der Waals surface area contributed by atoms with Crippen molar-refractivity contribution < 1.29 is 0 Å². The third-order valence-corrected chi connectivity index (χ3v) is 18.3. The summed E-state index contributed by atoms with van der Waals surface area (Å²) in [7, 11) is 0. The molecule has 0 bridgehead atoms. The quantitative estimate of drug-likeness (QED) is 0.147. The van der Waals surface area contributed by atoms with E-state index in [0.717, 1.165) is 28.4 Å². The molecule has 10 aromatic rings. The molecule has 0 radical (unpaired) electrons. The highest BCUT2D eigenvalue weighted by atomic mass is 15.2. The van der Waals surface area contributed by atoms with Gasteiger partial charge in [-0.25, -0.2) is 0 Å². The molecule has 0 saturated heterocycles. The van der Waals surface area contributed by atoms with Gasteiger partial charge in [-0.1, -0.05) is 236 Å². The van der Waals surface area contributed by atoms with E-state index in [4.69, 9.17) is 0 Å². The van der Waals surface area contributed by atoms with Crippen LogP contribution in [-0.4, -0.2) is 6.85 Å². The van der Waals surface area contributed by atoms with Gasteiger partial charge in [0, 0.05) is 56.4 Å². The first kappa shape index (κ1) is 53.9. The highest BCUT2D eigenvalue weighted by Crippen LogP contribution is 2.55. The molecule has 0 amide bonds. The number of hydrogen-bond donors (Lipinski definition) is 0. The van der Waals surface area contributed by atoms with E-state index in [1.54, 1.807) is 0 Å². The number of benzene rings is 10.